The van der Waals surface area contributed by atoms with Crippen molar-refractivity contribution < 1.29 is 28.8 Å². The summed E-state index contributed by atoms with van der Waals surface area (Å²) in [5.41, 5.74) is 0. The summed E-state index contributed by atoms with van der Waals surface area (Å²) in [7, 11) is 0. The average molecular weight is 418 g/mol. The molecule has 1 aliphatic heterocycles. The molecule has 0 radical (unpaired) electrons. The standard InChI is InChI=1S/C17H24BrNO6/c1-17(2,18)16(23)24-12-6-3-11(4-7-12)5-10-15(22)25-19-13(20)8-9-14(19)21/h11-12H,3-10H2,1-2H3. The maximum atomic E-state index is 11.9. The molecular formula is C17H24BrNO6. The highest BCUT2D eigenvalue weighted by atomic mass is 79.9. The lowest BCUT2D eigenvalue weighted by Crippen LogP contribution is -2.33. The Hall–Kier alpha value is -1.44. The van der Waals surface area contributed by atoms with Crippen LogP contribution >= 0.6 is 15.9 Å². The van der Waals surface area contributed by atoms with Gasteiger partial charge >= 0.3 is 11.9 Å². The highest BCUT2D eigenvalue weighted by Crippen LogP contribution is 2.31. The van der Waals surface area contributed by atoms with Gasteiger partial charge in [0.25, 0.3) is 11.8 Å². The average Bonchev–Trinajstić information content (AvgIpc) is 2.85. The van der Waals surface area contributed by atoms with E-state index in [9.17, 15) is 19.2 Å². The molecular weight excluding hydrogens is 394 g/mol. The first kappa shape index (κ1) is 19.9. The Labute approximate surface area is 155 Å². The second kappa shape index (κ2) is 8.29. The van der Waals surface area contributed by atoms with Crippen LogP contribution in [0.5, 0.6) is 0 Å². The van der Waals surface area contributed by atoms with Crippen LogP contribution in [0.3, 0.4) is 0 Å². The van der Waals surface area contributed by atoms with Gasteiger partial charge in [-0.05, 0) is 51.9 Å². The van der Waals surface area contributed by atoms with Crippen molar-refractivity contribution in [2.24, 2.45) is 5.92 Å². The zero-order valence-electron chi connectivity index (χ0n) is 14.6. The van der Waals surface area contributed by atoms with Crippen LogP contribution in [0.1, 0.15) is 65.2 Å². The third kappa shape index (κ3) is 5.80. The maximum Gasteiger partial charge on any atom is 0.333 e. The van der Waals surface area contributed by atoms with E-state index in [2.05, 4.69) is 15.9 Å². The van der Waals surface area contributed by atoms with Crippen LogP contribution in [0, 0.1) is 5.92 Å². The summed E-state index contributed by atoms with van der Waals surface area (Å²) >= 11 is 3.29. The summed E-state index contributed by atoms with van der Waals surface area (Å²) in [6.07, 6.45) is 4.22. The molecule has 0 atom stereocenters. The van der Waals surface area contributed by atoms with E-state index < -0.39 is 22.1 Å². The summed E-state index contributed by atoms with van der Waals surface area (Å²) in [6, 6.07) is 0. The van der Waals surface area contributed by atoms with Gasteiger partial charge in [-0.1, -0.05) is 15.9 Å². The van der Waals surface area contributed by atoms with Gasteiger partial charge in [-0.2, -0.15) is 0 Å². The number of nitrogens with zero attached hydrogens (tertiary/aromatic N) is 1. The number of rotatable bonds is 6. The normalized spacial score (nSPS) is 24.4. The lowest BCUT2D eigenvalue weighted by Gasteiger charge is -2.29. The van der Waals surface area contributed by atoms with Crippen LogP contribution in [0.4, 0.5) is 0 Å². The summed E-state index contributed by atoms with van der Waals surface area (Å²) in [5.74, 6) is -1.40. The predicted octanol–water partition coefficient (Wildman–Crippen LogP) is 2.65. The second-order valence-corrected chi connectivity index (χ2v) is 9.09. The van der Waals surface area contributed by atoms with E-state index in [1.165, 1.54) is 0 Å². The number of ether oxygens (including phenoxy) is 1. The highest BCUT2D eigenvalue weighted by molar-refractivity contribution is 9.10. The number of hydrogen-bond donors (Lipinski definition) is 0. The minimum absolute atomic E-state index is 0.0765. The quantitative estimate of drug-likeness (QED) is 0.374. The van der Waals surface area contributed by atoms with E-state index in [1.54, 1.807) is 13.8 Å². The molecule has 2 aliphatic rings. The van der Waals surface area contributed by atoms with E-state index in [1.807, 2.05) is 0 Å². The van der Waals surface area contributed by atoms with Crippen molar-refractivity contribution >= 4 is 39.7 Å². The van der Waals surface area contributed by atoms with E-state index in [4.69, 9.17) is 9.57 Å². The van der Waals surface area contributed by atoms with E-state index in [0.29, 0.717) is 17.4 Å². The molecule has 2 amide bonds. The minimum Gasteiger partial charge on any atom is -0.461 e. The molecule has 8 heteroatoms. The number of carbonyl (C=O) groups excluding carboxylic acids is 4. The van der Waals surface area contributed by atoms with Crippen molar-refractivity contribution in [2.75, 3.05) is 0 Å². The van der Waals surface area contributed by atoms with Gasteiger partial charge in [0, 0.05) is 19.3 Å². The van der Waals surface area contributed by atoms with Crippen molar-refractivity contribution in [3.05, 3.63) is 0 Å². The van der Waals surface area contributed by atoms with Gasteiger partial charge in [0.2, 0.25) is 0 Å². The van der Waals surface area contributed by atoms with Crippen LogP contribution in [0.2, 0.25) is 0 Å². The summed E-state index contributed by atoms with van der Waals surface area (Å²) < 4.78 is 4.80. The molecule has 0 aromatic heterocycles. The number of hydrogen-bond acceptors (Lipinski definition) is 6. The third-order valence-corrected chi connectivity index (χ3v) is 4.83. The van der Waals surface area contributed by atoms with Crippen LogP contribution in [-0.4, -0.2) is 39.2 Å². The van der Waals surface area contributed by atoms with E-state index in [-0.39, 0.29) is 31.3 Å². The number of hydroxylamine groups is 2. The SMILES string of the molecule is CC(C)(Br)C(=O)OC1CCC(CCC(=O)ON2C(=O)CCC2=O)CC1. The maximum absolute atomic E-state index is 11.9. The first-order valence-corrected chi connectivity index (χ1v) is 9.42. The molecule has 0 unspecified atom stereocenters. The van der Waals surface area contributed by atoms with Gasteiger partial charge in [0.1, 0.15) is 10.4 Å². The number of halogens is 1. The fraction of sp³-hybridized carbons (Fsp3) is 0.765. The molecule has 1 saturated heterocycles. The Morgan fingerprint density at radius 3 is 2.20 bits per heavy atom. The fourth-order valence-electron chi connectivity index (χ4n) is 2.96. The first-order chi connectivity index (χ1) is 11.7. The molecule has 140 valence electrons. The van der Waals surface area contributed by atoms with Gasteiger partial charge in [0.05, 0.1) is 0 Å². The van der Waals surface area contributed by atoms with E-state index >= 15 is 0 Å². The van der Waals surface area contributed by atoms with Crippen LogP contribution < -0.4 is 0 Å². The van der Waals surface area contributed by atoms with Crippen molar-refractivity contribution in [1.82, 2.24) is 5.06 Å². The fourth-order valence-corrected chi connectivity index (χ4v) is 3.05. The zero-order valence-corrected chi connectivity index (χ0v) is 16.2. The monoisotopic (exact) mass is 417 g/mol. The van der Waals surface area contributed by atoms with Crippen molar-refractivity contribution in [3.8, 4) is 0 Å². The Morgan fingerprint density at radius 2 is 1.68 bits per heavy atom. The Balaban J connectivity index is 1.67. The molecule has 0 aromatic carbocycles. The Morgan fingerprint density at radius 1 is 1.12 bits per heavy atom. The molecule has 2 rings (SSSR count). The van der Waals surface area contributed by atoms with Gasteiger partial charge < -0.3 is 9.57 Å². The lowest BCUT2D eigenvalue weighted by molar-refractivity contribution is -0.197. The van der Waals surface area contributed by atoms with Gasteiger partial charge in [-0.3, -0.25) is 14.4 Å². The third-order valence-electron chi connectivity index (χ3n) is 4.51. The molecule has 1 saturated carbocycles. The highest BCUT2D eigenvalue weighted by Gasteiger charge is 2.33. The number of carbonyl (C=O) groups is 4. The molecule has 1 aliphatic carbocycles. The van der Waals surface area contributed by atoms with Crippen molar-refractivity contribution in [2.45, 2.75) is 75.6 Å². The molecule has 7 nitrogen and oxygen atoms in total. The Bertz CT molecular complexity index is 532. The zero-order chi connectivity index (χ0) is 18.6. The van der Waals surface area contributed by atoms with E-state index in [0.717, 1.165) is 25.7 Å². The topological polar surface area (TPSA) is 90.0 Å². The molecule has 25 heavy (non-hydrogen) atoms. The van der Waals surface area contributed by atoms with Gasteiger partial charge in [-0.15, -0.1) is 5.06 Å². The molecule has 0 bridgehead atoms. The second-order valence-electron chi connectivity index (χ2n) is 7.10. The minimum atomic E-state index is -0.682. The van der Waals surface area contributed by atoms with Gasteiger partial charge in [-0.25, -0.2) is 4.79 Å². The smallest absolute Gasteiger partial charge is 0.333 e. The van der Waals surface area contributed by atoms with Crippen molar-refractivity contribution in [3.63, 3.8) is 0 Å². The summed E-state index contributed by atoms with van der Waals surface area (Å²) in [6.45, 7) is 3.50. The van der Waals surface area contributed by atoms with Crippen molar-refractivity contribution in [1.29, 1.82) is 0 Å². The number of esters is 1. The first-order valence-electron chi connectivity index (χ1n) is 8.63. The molecule has 0 aromatic rings. The number of amides is 2. The predicted molar refractivity (Wildman–Crippen MR) is 91.3 cm³/mol. The molecule has 0 spiro atoms. The molecule has 1 heterocycles. The molecule has 0 N–H and O–H groups in total. The van der Waals surface area contributed by atoms with Crippen LogP contribution in [0.25, 0.3) is 0 Å². The Kier molecular flexibility index (Phi) is 6.59. The summed E-state index contributed by atoms with van der Waals surface area (Å²) in [5, 5.41) is 0.584. The molecule has 2 fully saturated rings. The number of imide groups is 1. The number of alkyl halides is 1. The lowest BCUT2D eigenvalue weighted by atomic mass is 9.84. The van der Waals surface area contributed by atoms with Crippen LogP contribution in [-0.2, 0) is 28.8 Å². The van der Waals surface area contributed by atoms with Crippen LogP contribution in [0.15, 0.2) is 0 Å². The summed E-state index contributed by atoms with van der Waals surface area (Å²) in [4.78, 5) is 51.3. The largest absolute Gasteiger partial charge is 0.461 e. The van der Waals surface area contributed by atoms with Gasteiger partial charge in [0.15, 0.2) is 0 Å².